The van der Waals surface area contributed by atoms with E-state index in [9.17, 15) is 9.59 Å². The third-order valence-electron chi connectivity index (χ3n) is 3.21. The number of rotatable bonds is 4. The topological polar surface area (TPSA) is 87.5 Å². The lowest BCUT2D eigenvalue weighted by Gasteiger charge is -2.24. The molecule has 19 heavy (non-hydrogen) atoms. The number of carbonyl (C=O) groups excluding carboxylic acids is 1. The van der Waals surface area contributed by atoms with Crippen LogP contribution in [-0.4, -0.2) is 50.2 Å². The molecule has 1 aromatic heterocycles. The summed E-state index contributed by atoms with van der Waals surface area (Å²) in [6.45, 7) is 2.99. The van der Waals surface area contributed by atoms with Crippen molar-refractivity contribution in [3.05, 3.63) is 18.7 Å². The van der Waals surface area contributed by atoms with Crippen LogP contribution < -0.4 is 5.32 Å². The van der Waals surface area contributed by atoms with E-state index in [4.69, 9.17) is 5.11 Å². The Balaban J connectivity index is 1.88. The lowest BCUT2D eigenvalue weighted by molar-refractivity contribution is -0.141. The fourth-order valence-electron chi connectivity index (χ4n) is 2.32. The molecule has 7 nitrogen and oxygen atoms in total. The minimum absolute atomic E-state index is 0.0863. The van der Waals surface area contributed by atoms with Gasteiger partial charge in [0.1, 0.15) is 6.04 Å². The maximum absolute atomic E-state index is 12.0. The summed E-state index contributed by atoms with van der Waals surface area (Å²) in [5.74, 6) is -0.935. The number of imidazole rings is 1. The van der Waals surface area contributed by atoms with Gasteiger partial charge < -0.3 is 19.9 Å². The summed E-state index contributed by atoms with van der Waals surface area (Å²) >= 11 is 0. The molecular formula is C12H18N4O3. The molecule has 0 saturated carbocycles. The summed E-state index contributed by atoms with van der Waals surface area (Å²) in [6.07, 6.45) is 6.44. The molecular weight excluding hydrogens is 248 g/mol. The number of amides is 2. The molecule has 1 unspecified atom stereocenters. The number of hydrogen-bond donors (Lipinski definition) is 2. The summed E-state index contributed by atoms with van der Waals surface area (Å²) in [7, 11) is 0. The highest BCUT2D eigenvalue weighted by Gasteiger charge is 2.34. The van der Waals surface area contributed by atoms with Gasteiger partial charge in [-0.25, -0.2) is 14.6 Å². The number of urea groups is 1. The van der Waals surface area contributed by atoms with Gasteiger partial charge in [-0.2, -0.15) is 0 Å². The molecule has 1 saturated heterocycles. The van der Waals surface area contributed by atoms with Crippen LogP contribution in [0.5, 0.6) is 0 Å². The second-order valence-electron chi connectivity index (χ2n) is 4.80. The number of carboxylic acids is 1. The first-order valence-corrected chi connectivity index (χ1v) is 6.33. The molecule has 0 bridgehead atoms. The minimum atomic E-state index is -0.935. The van der Waals surface area contributed by atoms with Crippen LogP contribution in [0.25, 0.3) is 0 Å². The quantitative estimate of drug-likeness (QED) is 0.832. The molecule has 0 radical (unpaired) electrons. The van der Waals surface area contributed by atoms with Crippen LogP contribution in [0.1, 0.15) is 19.8 Å². The minimum Gasteiger partial charge on any atom is -0.480 e. The zero-order valence-electron chi connectivity index (χ0n) is 10.8. The third kappa shape index (κ3) is 3.24. The Hall–Kier alpha value is -2.05. The van der Waals surface area contributed by atoms with Gasteiger partial charge >= 0.3 is 12.0 Å². The third-order valence-corrected chi connectivity index (χ3v) is 3.21. The Morgan fingerprint density at radius 2 is 2.37 bits per heavy atom. The molecule has 7 heteroatoms. The summed E-state index contributed by atoms with van der Waals surface area (Å²) in [4.78, 5) is 28.4. The largest absolute Gasteiger partial charge is 0.480 e. The van der Waals surface area contributed by atoms with Crippen LogP contribution in [0, 0.1) is 0 Å². The maximum Gasteiger partial charge on any atom is 0.326 e. The zero-order valence-corrected chi connectivity index (χ0v) is 10.8. The van der Waals surface area contributed by atoms with Crippen LogP contribution in [0.15, 0.2) is 18.7 Å². The smallest absolute Gasteiger partial charge is 0.326 e. The van der Waals surface area contributed by atoms with Gasteiger partial charge in [0.25, 0.3) is 0 Å². The molecule has 2 amide bonds. The Labute approximate surface area is 111 Å². The molecule has 1 aliphatic rings. The average Bonchev–Trinajstić information content (AvgIpc) is 2.97. The first-order valence-electron chi connectivity index (χ1n) is 6.33. The fourth-order valence-corrected chi connectivity index (χ4v) is 2.32. The summed E-state index contributed by atoms with van der Waals surface area (Å²) in [5, 5.41) is 11.9. The number of nitrogens with one attached hydrogen (secondary N) is 1. The van der Waals surface area contributed by atoms with Gasteiger partial charge in [0.2, 0.25) is 0 Å². The highest BCUT2D eigenvalue weighted by atomic mass is 16.4. The average molecular weight is 266 g/mol. The second kappa shape index (κ2) is 5.73. The molecule has 2 heterocycles. The summed E-state index contributed by atoms with van der Waals surface area (Å²) in [5.41, 5.74) is 0. The Morgan fingerprint density at radius 3 is 3.00 bits per heavy atom. The van der Waals surface area contributed by atoms with E-state index in [0.29, 0.717) is 19.5 Å². The lowest BCUT2D eigenvalue weighted by Crippen LogP contribution is -2.49. The van der Waals surface area contributed by atoms with E-state index in [2.05, 4.69) is 10.3 Å². The van der Waals surface area contributed by atoms with Gasteiger partial charge in [-0.05, 0) is 19.8 Å². The van der Waals surface area contributed by atoms with Crippen LogP contribution in [0.4, 0.5) is 4.79 Å². The van der Waals surface area contributed by atoms with Crippen LogP contribution in [-0.2, 0) is 11.3 Å². The molecule has 2 atom stereocenters. The number of nitrogens with zero attached hydrogens (tertiary/aromatic N) is 3. The predicted octanol–water partition coefficient (Wildman–Crippen LogP) is 0.530. The Morgan fingerprint density at radius 1 is 1.58 bits per heavy atom. The number of aromatic nitrogens is 2. The summed E-state index contributed by atoms with van der Waals surface area (Å²) in [6, 6.07) is -1.09. The van der Waals surface area contributed by atoms with Gasteiger partial charge in [0.15, 0.2) is 0 Å². The van der Waals surface area contributed by atoms with Crippen LogP contribution in [0.3, 0.4) is 0 Å². The number of likely N-dealkylation sites (tertiary alicyclic amines) is 1. The Kier molecular flexibility index (Phi) is 4.03. The van der Waals surface area contributed by atoms with Crippen molar-refractivity contribution in [2.45, 2.75) is 38.4 Å². The van der Waals surface area contributed by atoms with E-state index in [1.807, 2.05) is 17.7 Å². The molecule has 1 fully saturated rings. The zero-order chi connectivity index (χ0) is 13.8. The molecule has 104 valence electrons. The van der Waals surface area contributed by atoms with E-state index in [1.54, 1.807) is 12.5 Å². The van der Waals surface area contributed by atoms with Crippen molar-refractivity contribution in [3.63, 3.8) is 0 Å². The van der Waals surface area contributed by atoms with Crippen LogP contribution >= 0.6 is 0 Å². The van der Waals surface area contributed by atoms with Gasteiger partial charge in [-0.15, -0.1) is 0 Å². The molecule has 2 rings (SSSR count). The first kappa shape index (κ1) is 13.4. The maximum atomic E-state index is 12.0. The van der Waals surface area contributed by atoms with Crippen molar-refractivity contribution in [2.24, 2.45) is 0 Å². The van der Waals surface area contributed by atoms with Crippen molar-refractivity contribution >= 4 is 12.0 Å². The standard InChI is InChI=1S/C12H18N4O3/c1-9(7-15-6-4-13-8-15)14-12(19)16-5-2-3-10(16)11(17)18/h4,6,8-10H,2-3,5,7H2,1H3,(H,14,19)(H,17,18)/t9?,10-/m0/s1. The molecule has 1 aliphatic heterocycles. The molecule has 1 aromatic rings. The van der Waals surface area contributed by atoms with Gasteiger partial charge in [-0.1, -0.05) is 0 Å². The molecule has 0 aliphatic carbocycles. The number of hydrogen-bond acceptors (Lipinski definition) is 3. The summed E-state index contributed by atoms with van der Waals surface area (Å²) < 4.78 is 1.86. The Bertz CT molecular complexity index is 446. The normalized spacial score (nSPS) is 20.3. The van der Waals surface area contributed by atoms with E-state index in [0.717, 1.165) is 6.42 Å². The lowest BCUT2D eigenvalue weighted by atomic mass is 10.2. The van der Waals surface area contributed by atoms with Crippen molar-refractivity contribution in [3.8, 4) is 0 Å². The monoisotopic (exact) mass is 266 g/mol. The van der Waals surface area contributed by atoms with Crippen molar-refractivity contribution in [1.82, 2.24) is 19.8 Å². The molecule has 0 aromatic carbocycles. The number of aliphatic carboxylic acids is 1. The van der Waals surface area contributed by atoms with Gasteiger partial charge in [0, 0.05) is 31.5 Å². The predicted molar refractivity (Wildman–Crippen MR) is 67.6 cm³/mol. The first-order chi connectivity index (χ1) is 9.08. The van der Waals surface area contributed by atoms with Crippen molar-refractivity contribution < 1.29 is 14.7 Å². The number of carbonyl (C=O) groups is 2. The van der Waals surface area contributed by atoms with Gasteiger partial charge in [-0.3, -0.25) is 0 Å². The molecule has 0 spiro atoms. The molecule has 2 N–H and O–H groups in total. The van der Waals surface area contributed by atoms with Crippen molar-refractivity contribution in [2.75, 3.05) is 6.54 Å². The van der Waals surface area contributed by atoms with E-state index >= 15 is 0 Å². The SMILES string of the molecule is CC(Cn1ccnc1)NC(=O)N1CCC[C@H]1C(=O)O. The fraction of sp³-hybridized carbons (Fsp3) is 0.583. The second-order valence-corrected chi connectivity index (χ2v) is 4.80. The van der Waals surface area contributed by atoms with Gasteiger partial charge in [0.05, 0.1) is 6.33 Å². The van der Waals surface area contributed by atoms with Crippen LogP contribution in [0.2, 0.25) is 0 Å². The van der Waals surface area contributed by atoms with E-state index < -0.39 is 12.0 Å². The van der Waals surface area contributed by atoms with E-state index in [1.165, 1.54) is 4.90 Å². The van der Waals surface area contributed by atoms with Crippen molar-refractivity contribution in [1.29, 1.82) is 0 Å². The van der Waals surface area contributed by atoms with E-state index in [-0.39, 0.29) is 12.1 Å². The highest BCUT2D eigenvalue weighted by Crippen LogP contribution is 2.17. The number of carboxylic acid groups (broad SMARTS) is 1. The highest BCUT2D eigenvalue weighted by molar-refractivity contribution is 5.83.